The van der Waals surface area contributed by atoms with Crippen LogP contribution in [0, 0.1) is 0 Å². The molecule has 5 nitrogen and oxygen atoms in total. The van der Waals surface area contributed by atoms with Crippen molar-refractivity contribution in [2.75, 3.05) is 26.7 Å². The summed E-state index contributed by atoms with van der Waals surface area (Å²) < 4.78 is 0. The fourth-order valence-electron chi connectivity index (χ4n) is 2.34. The van der Waals surface area contributed by atoms with Gasteiger partial charge >= 0.3 is 5.97 Å². The maximum Gasteiger partial charge on any atom is 0.323 e. The summed E-state index contributed by atoms with van der Waals surface area (Å²) in [5.41, 5.74) is 1.09. The normalized spacial score (nSPS) is 20.6. The Labute approximate surface area is 112 Å². The Bertz CT molecular complexity index is 461. The molecule has 1 atom stereocenters. The first kappa shape index (κ1) is 13.5. The first-order valence-corrected chi connectivity index (χ1v) is 6.32. The number of rotatable bonds is 4. The van der Waals surface area contributed by atoms with E-state index in [2.05, 4.69) is 0 Å². The van der Waals surface area contributed by atoms with Crippen LogP contribution in [0.25, 0.3) is 0 Å². The summed E-state index contributed by atoms with van der Waals surface area (Å²) in [6.45, 7) is 0.974. The maximum atomic E-state index is 12.3. The zero-order valence-electron chi connectivity index (χ0n) is 11.0. The van der Waals surface area contributed by atoms with E-state index in [0.717, 1.165) is 5.56 Å². The van der Waals surface area contributed by atoms with Crippen LogP contribution >= 0.6 is 0 Å². The highest BCUT2D eigenvalue weighted by atomic mass is 16.4. The summed E-state index contributed by atoms with van der Waals surface area (Å²) in [4.78, 5) is 26.5. The molecule has 1 aromatic rings. The van der Waals surface area contributed by atoms with E-state index >= 15 is 0 Å². The van der Waals surface area contributed by atoms with Crippen molar-refractivity contribution in [1.29, 1.82) is 0 Å². The molecule has 1 amide bonds. The molecule has 2 rings (SSSR count). The fourth-order valence-corrected chi connectivity index (χ4v) is 2.34. The summed E-state index contributed by atoms with van der Waals surface area (Å²) in [5.74, 6) is -1.06. The summed E-state index contributed by atoms with van der Waals surface area (Å²) in [6, 6.07) is 9.52. The van der Waals surface area contributed by atoms with Gasteiger partial charge in [-0.2, -0.15) is 0 Å². The molecule has 5 heteroatoms. The van der Waals surface area contributed by atoms with Gasteiger partial charge in [0.15, 0.2) is 0 Å². The van der Waals surface area contributed by atoms with Crippen LogP contribution in [-0.4, -0.2) is 59.5 Å². The summed E-state index contributed by atoms with van der Waals surface area (Å²) >= 11 is 0. The molecule has 0 saturated carbocycles. The molecule has 0 bridgehead atoms. The van der Waals surface area contributed by atoms with Gasteiger partial charge in [-0.05, 0) is 19.0 Å². The summed E-state index contributed by atoms with van der Waals surface area (Å²) in [6.07, 6.45) is 0.617. The van der Waals surface area contributed by atoms with Gasteiger partial charge in [0, 0.05) is 13.1 Å². The number of amides is 1. The van der Waals surface area contributed by atoms with Crippen molar-refractivity contribution < 1.29 is 14.7 Å². The summed E-state index contributed by atoms with van der Waals surface area (Å²) in [5, 5.41) is 8.82. The molecule has 1 fully saturated rings. The first-order chi connectivity index (χ1) is 9.08. The molecule has 1 heterocycles. The molecule has 0 spiro atoms. The zero-order chi connectivity index (χ0) is 13.8. The quantitative estimate of drug-likeness (QED) is 0.856. The lowest BCUT2D eigenvalue weighted by Crippen LogP contribution is -2.57. The molecular weight excluding hydrogens is 244 g/mol. The van der Waals surface area contributed by atoms with Crippen LogP contribution in [0.15, 0.2) is 30.3 Å². The van der Waals surface area contributed by atoms with Gasteiger partial charge in [0.05, 0.1) is 6.04 Å². The number of carboxylic acids is 1. The van der Waals surface area contributed by atoms with Crippen molar-refractivity contribution in [1.82, 2.24) is 9.80 Å². The van der Waals surface area contributed by atoms with Crippen molar-refractivity contribution in [3.05, 3.63) is 35.9 Å². The van der Waals surface area contributed by atoms with Gasteiger partial charge in [0.2, 0.25) is 5.91 Å². The monoisotopic (exact) mass is 262 g/mol. The lowest BCUT2D eigenvalue weighted by Gasteiger charge is -2.38. The highest BCUT2D eigenvalue weighted by Crippen LogP contribution is 2.14. The Morgan fingerprint density at radius 1 is 1.32 bits per heavy atom. The fraction of sp³-hybridized carbons (Fsp3) is 0.429. The van der Waals surface area contributed by atoms with E-state index in [1.807, 2.05) is 42.3 Å². The van der Waals surface area contributed by atoms with Gasteiger partial charge in [-0.15, -0.1) is 0 Å². The molecule has 0 aliphatic carbocycles. The average molecular weight is 262 g/mol. The number of carboxylic acid groups (broad SMARTS) is 1. The number of hydrogen-bond acceptors (Lipinski definition) is 3. The lowest BCUT2D eigenvalue weighted by molar-refractivity contribution is -0.149. The van der Waals surface area contributed by atoms with Crippen molar-refractivity contribution in [3.63, 3.8) is 0 Å². The Morgan fingerprint density at radius 3 is 2.63 bits per heavy atom. The first-order valence-electron chi connectivity index (χ1n) is 6.32. The molecular formula is C14H18N2O3. The van der Waals surface area contributed by atoms with E-state index in [1.54, 1.807) is 0 Å². The van der Waals surface area contributed by atoms with Gasteiger partial charge in [-0.1, -0.05) is 30.3 Å². The number of benzene rings is 1. The number of likely N-dealkylation sites (N-methyl/N-ethyl adjacent to an activating group) is 1. The van der Waals surface area contributed by atoms with Gasteiger partial charge < -0.3 is 10.0 Å². The van der Waals surface area contributed by atoms with Gasteiger partial charge in [-0.25, -0.2) is 0 Å². The minimum Gasteiger partial charge on any atom is -0.480 e. The Kier molecular flexibility index (Phi) is 4.16. The molecule has 1 aromatic carbocycles. The van der Waals surface area contributed by atoms with Crippen LogP contribution < -0.4 is 0 Å². The molecule has 0 unspecified atom stereocenters. The summed E-state index contributed by atoms with van der Waals surface area (Å²) in [7, 11) is 1.91. The molecule has 102 valence electrons. The third-order valence-corrected chi connectivity index (χ3v) is 3.45. The third-order valence-electron chi connectivity index (χ3n) is 3.45. The highest BCUT2D eigenvalue weighted by molar-refractivity contribution is 5.86. The molecule has 1 aliphatic rings. The van der Waals surface area contributed by atoms with E-state index in [9.17, 15) is 9.59 Å². The molecule has 1 N–H and O–H groups in total. The molecule has 19 heavy (non-hydrogen) atoms. The third kappa shape index (κ3) is 3.32. The second-order valence-corrected chi connectivity index (χ2v) is 4.84. The standard InChI is InChI=1S/C14H18N2O3/c1-15-7-8-16(10-13(17)18)14(19)12(15)9-11-5-3-2-4-6-11/h2-6,12H,7-10H2,1H3,(H,17,18)/t12-/m0/s1. The van der Waals surface area contributed by atoms with Gasteiger partial charge in [0.1, 0.15) is 6.54 Å². The van der Waals surface area contributed by atoms with Crippen LogP contribution in [0.1, 0.15) is 5.56 Å². The Hall–Kier alpha value is -1.88. The highest BCUT2D eigenvalue weighted by Gasteiger charge is 2.33. The van der Waals surface area contributed by atoms with E-state index in [0.29, 0.717) is 19.5 Å². The smallest absolute Gasteiger partial charge is 0.323 e. The molecule has 1 saturated heterocycles. The Balaban J connectivity index is 2.08. The number of piperazine rings is 1. The van der Waals surface area contributed by atoms with E-state index in [1.165, 1.54) is 4.90 Å². The van der Waals surface area contributed by atoms with Crippen LogP contribution in [0.2, 0.25) is 0 Å². The van der Waals surface area contributed by atoms with Gasteiger partial charge in [-0.3, -0.25) is 14.5 Å². The second kappa shape index (κ2) is 5.84. The number of carbonyl (C=O) groups is 2. The van der Waals surface area contributed by atoms with Crippen LogP contribution in [0.5, 0.6) is 0 Å². The topological polar surface area (TPSA) is 60.9 Å². The minimum absolute atomic E-state index is 0.0972. The van der Waals surface area contributed by atoms with Crippen molar-refractivity contribution in [3.8, 4) is 0 Å². The SMILES string of the molecule is CN1CCN(CC(=O)O)C(=O)[C@@H]1Cc1ccccc1. The van der Waals surface area contributed by atoms with Gasteiger partial charge in [0.25, 0.3) is 0 Å². The number of hydrogen-bond donors (Lipinski definition) is 1. The largest absolute Gasteiger partial charge is 0.480 e. The maximum absolute atomic E-state index is 12.3. The second-order valence-electron chi connectivity index (χ2n) is 4.84. The molecule has 1 aliphatic heterocycles. The number of nitrogens with zero attached hydrogens (tertiary/aromatic N) is 2. The van der Waals surface area contributed by atoms with Crippen LogP contribution in [-0.2, 0) is 16.0 Å². The number of carbonyl (C=O) groups excluding carboxylic acids is 1. The average Bonchev–Trinajstić information content (AvgIpc) is 2.39. The Morgan fingerprint density at radius 2 is 2.00 bits per heavy atom. The predicted octanol–water partition coefficient (Wildman–Crippen LogP) is 0.456. The molecule has 0 radical (unpaired) electrons. The zero-order valence-corrected chi connectivity index (χ0v) is 11.0. The van der Waals surface area contributed by atoms with Crippen molar-refractivity contribution in [2.24, 2.45) is 0 Å². The lowest BCUT2D eigenvalue weighted by atomic mass is 10.0. The molecule has 0 aromatic heterocycles. The van der Waals surface area contributed by atoms with Crippen LogP contribution in [0.4, 0.5) is 0 Å². The van der Waals surface area contributed by atoms with Crippen molar-refractivity contribution >= 4 is 11.9 Å². The van der Waals surface area contributed by atoms with Crippen LogP contribution in [0.3, 0.4) is 0 Å². The number of aliphatic carboxylic acids is 1. The van der Waals surface area contributed by atoms with Crippen molar-refractivity contribution in [2.45, 2.75) is 12.5 Å². The van der Waals surface area contributed by atoms with E-state index in [-0.39, 0.29) is 18.5 Å². The minimum atomic E-state index is -0.962. The van der Waals surface area contributed by atoms with E-state index in [4.69, 9.17) is 5.11 Å². The van der Waals surface area contributed by atoms with E-state index < -0.39 is 5.97 Å². The predicted molar refractivity (Wildman–Crippen MR) is 70.8 cm³/mol.